The molecular weight excluding hydrogens is 230 g/mol. The minimum atomic E-state index is 0.381. The maximum atomic E-state index is 5.30. The molecule has 2 rings (SSSR count). The third-order valence-electron chi connectivity index (χ3n) is 2.35. The summed E-state index contributed by atoms with van der Waals surface area (Å²) in [5.41, 5.74) is 4.17. The van der Waals surface area contributed by atoms with Crippen LogP contribution in [0.4, 0.5) is 17.5 Å². The van der Waals surface area contributed by atoms with Crippen molar-refractivity contribution < 1.29 is 4.74 Å². The van der Waals surface area contributed by atoms with E-state index in [0.29, 0.717) is 11.8 Å². The Morgan fingerprint density at radius 3 is 2.50 bits per heavy atom. The lowest BCUT2D eigenvalue weighted by Crippen LogP contribution is -2.11. The average Bonchev–Trinajstić information content (AvgIpc) is 2.39. The zero-order valence-corrected chi connectivity index (χ0v) is 10.3. The van der Waals surface area contributed by atoms with E-state index in [-0.39, 0.29) is 0 Å². The molecule has 0 amide bonds. The molecule has 0 fully saturated rings. The Kier molecular flexibility index (Phi) is 3.59. The van der Waals surface area contributed by atoms with Crippen LogP contribution in [0.25, 0.3) is 0 Å². The fourth-order valence-corrected chi connectivity index (χ4v) is 1.52. The molecular formula is C12H15N5O. The lowest BCUT2D eigenvalue weighted by molar-refractivity contribution is 0.415. The lowest BCUT2D eigenvalue weighted by Gasteiger charge is -2.08. The highest BCUT2D eigenvalue weighted by atomic mass is 16.5. The van der Waals surface area contributed by atoms with E-state index in [4.69, 9.17) is 10.6 Å². The molecule has 0 radical (unpaired) electrons. The number of benzene rings is 1. The van der Waals surface area contributed by atoms with Gasteiger partial charge in [-0.05, 0) is 31.2 Å². The zero-order chi connectivity index (χ0) is 13.0. The minimum absolute atomic E-state index is 0.381. The molecule has 0 saturated heterocycles. The lowest BCUT2D eigenvalue weighted by atomic mass is 10.3. The van der Waals surface area contributed by atoms with Crippen molar-refractivity contribution in [3.8, 4) is 5.75 Å². The Morgan fingerprint density at radius 2 is 1.89 bits per heavy atom. The van der Waals surface area contributed by atoms with Gasteiger partial charge in [0.05, 0.1) is 7.11 Å². The van der Waals surface area contributed by atoms with E-state index >= 15 is 0 Å². The summed E-state index contributed by atoms with van der Waals surface area (Å²) in [5, 5.41) is 3.17. The van der Waals surface area contributed by atoms with Crippen LogP contribution >= 0.6 is 0 Å². The van der Waals surface area contributed by atoms with Gasteiger partial charge in [0.25, 0.3) is 0 Å². The molecule has 1 heterocycles. The van der Waals surface area contributed by atoms with Crippen LogP contribution in [0.1, 0.15) is 5.69 Å². The number of anilines is 3. The molecule has 0 atom stereocenters. The van der Waals surface area contributed by atoms with Crippen LogP contribution in [-0.4, -0.2) is 17.1 Å². The summed E-state index contributed by atoms with van der Waals surface area (Å²) in [6.45, 7) is 1.88. The summed E-state index contributed by atoms with van der Waals surface area (Å²) in [6, 6.07) is 9.40. The van der Waals surface area contributed by atoms with Crippen LogP contribution < -0.4 is 21.3 Å². The molecule has 4 N–H and O–H groups in total. The molecule has 0 saturated carbocycles. The third-order valence-corrected chi connectivity index (χ3v) is 2.35. The molecule has 0 aliphatic carbocycles. The van der Waals surface area contributed by atoms with Gasteiger partial charge >= 0.3 is 0 Å². The number of hydrogen-bond donors (Lipinski definition) is 3. The predicted octanol–water partition coefficient (Wildman–Crippen LogP) is 1.82. The Morgan fingerprint density at radius 1 is 1.17 bits per heavy atom. The van der Waals surface area contributed by atoms with Crippen LogP contribution in [0.3, 0.4) is 0 Å². The van der Waals surface area contributed by atoms with E-state index in [0.717, 1.165) is 17.1 Å². The van der Waals surface area contributed by atoms with Gasteiger partial charge in [-0.2, -0.15) is 4.98 Å². The third kappa shape index (κ3) is 2.86. The average molecular weight is 245 g/mol. The first-order chi connectivity index (χ1) is 8.71. The van der Waals surface area contributed by atoms with Crippen molar-refractivity contribution in [1.82, 2.24) is 9.97 Å². The molecule has 6 nitrogen and oxygen atoms in total. The molecule has 0 unspecified atom stereocenters. The molecule has 1 aromatic heterocycles. The Labute approximate surface area is 105 Å². The predicted molar refractivity (Wildman–Crippen MR) is 70.9 cm³/mol. The van der Waals surface area contributed by atoms with Gasteiger partial charge in [0.2, 0.25) is 5.95 Å². The van der Waals surface area contributed by atoms with Crippen molar-refractivity contribution >= 4 is 17.5 Å². The zero-order valence-electron chi connectivity index (χ0n) is 10.3. The largest absolute Gasteiger partial charge is 0.497 e. The Hall–Kier alpha value is -2.34. The summed E-state index contributed by atoms with van der Waals surface area (Å²) in [6.07, 6.45) is 0. The summed E-state index contributed by atoms with van der Waals surface area (Å²) >= 11 is 0. The van der Waals surface area contributed by atoms with Gasteiger partial charge in [-0.25, -0.2) is 10.8 Å². The Bertz CT molecular complexity index is 526. The van der Waals surface area contributed by atoms with Crippen LogP contribution in [-0.2, 0) is 0 Å². The molecule has 0 aliphatic rings. The van der Waals surface area contributed by atoms with Crippen LogP contribution in [0.2, 0.25) is 0 Å². The van der Waals surface area contributed by atoms with E-state index < -0.39 is 0 Å². The number of rotatable bonds is 4. The number of nitrogens with two attached hydrogens (primary N) is 1. The van der Waals surface area contributed by atoms with Crippen molar-refractivity contribution in [2.24, 2.45) is 5.84 Å². The second kappa shape index (κ2) is 5.33. The quantitative estimate of drug-likeness (QED) is 0.563. The van der Waals surface area contributed by atoms with Crippen molar-refractivity contribution in [2.75, 3.05) is 17.9 Å². The topological polar surface area (TPSA) is 85.1 Å². The van der Waals surface area contributed by atoms with Crippen molar-refractivity contribution in [1.29, 1.82) is 0 Å². The van der Waals surface area contributed by atoms with Gasteiger partial charge in [-0.1, -0.05) is 0 Å². The van der Waals surface area contributed by atoms with Gasteiger partial charge in [0, 0.05) is 17.4 Å². The highest BCUT2D eigenvalue weighted by Gasteiger charge is 2.01. The van der Waals surface area contributed by atoms with E-state index in [1.54, 1.807) is 7.11 Å². The number of nitrogens with zero attached hydrogens (tertiary/aromatic N) is 2. The fourth-order valence-electron chi connectivity index (χ4n) is 1.52. The van der Waals surface area contributed by atoms with E-state index in [1.807, 2.05) is 37.3 Å². The van der Waals surface area contributed by atoms with Crippen LogP contribution in [0, 0.1) is 6.92 Å². The number of aryl methyl sites for hydroxylation is 1. The van der Waals surface area contributed by atoms with Crippen LogP contribution in [0.5, 0.6) is 5.75 Å². The molecule has 0 bridgehead atoms. The van der Waals surface area contributed by atoms with Gasteiger partial charge < -0.3 is 10.1 Å². The smallest absolute Gasteiger partial charge is 0.239 e. The molecule has 6 heteroatoms. The summed E-state index contributed by atoms with van der Waals surface area (Å²) in [5.74, 6) is 7.17. The number of methoxy groups -OCH3 is 1. The highest BCUT2D eigenvalue weighted by Crippen LogP contribution is 2.19. The summed E-state index contributed by atoms with van der Waals surface area (Å²) < 4.78 is 5.10. The number of ether oxygens (including phenoxy) is 1. The second-order valence-corrected chi connectivity index (χ2v) is 3.72. The first-order valence-corrected chi connectivity index (χ1v) is 5.44. The number of nitrogen functional groups attached to an aromatic ring is 1. The van der Waals surface area contributed by atoms with Crippen molar-refractivity contribution in [3.05, 3.63) is 36.0 Å². The van der Waals surface area contributed by atoms with E-state index in [2.05, 4.69) is 20.7 Å². The molecule has 2 aromatic rings. The van der Waals surface area contributed by atoms with E-state index in [1.165, 1.54) is 0 Å². The Balaban J connectivity index is 2.19. The summed E-state index contributed by atoms with van der Waals surface area (Å²) in [7, 11) is 1.63. The minimum Gasteiger partial charge on any atom is -0.497 e. The van der Waals surface area contributed by atoms with Crippen molar-refractivity contribution in [3.63, 3.8) is 0 Å². The number of nitrogens with one attached hydrogen (secondary N) is 2. The monoisotopic (exact) mass is 245 g/mol. The van der Waals surface area contributed by atoms with Gasteiger partial charge in [0.15, 0.2) is 0 Å². The van der Waals surface area contributed by atoms with E-state index in [9.17, 15) is 0 Å². The van der Waals surface area contributed by atoms with Gasteiger partial charge in [0.1, 0.15) is 11.6 Å². The number of aromatic nitrogens is 2. The van der Waals surface area contributed by atoms with Crippen molar-refractivity contribution in [2.45, 2.75) is 6.92 Å². The molecule has 94 valence electrons. The maximum Gasteiger partial charge on any atom is 0.239 e. The SMILES string of the molecule is COc1ccc(Nc2cc(C)nc(NN)n2)cc1. The normalized spacial score (nSPS) is 9.94. The number of hydrogen-bond acceptors (Lipinski definition) is 6. The summed E-state index contributed by atoms with van der Waals surface area (Å²) in [4.78, 5) is 8.31. The molecule has 0 aliphatic heterocycles. The fraction of sp³-hybridized carbons (Fsp3) is 0.167. The molecule has 18 heavy (non-hydrogen) atoms. The van der Waals surface area contributed by atoms with Crippen LogP contribution in [0.15, 0.2) is 30.3 Å². The first-order valence-electron chi connectivity index (χ1n) is 5.44. The maximum absolute atomic E-state index is 5.30. The number of hydrazine groups is 1. The van der Waals surface area contributed by atoms with Gasteiger partial charge in [-0.15, -0.1) is 0 Å². The molecule has 1 aromatic carbocycles. The molecule has 0 spiro atoms. The highest BCUT2D eigenvalue weighted by molar-refractivity contribution is 5.58. The van der Waals surface area contributed by atoms with Gasteiger partial charge in [-0.3, -0.25) is 5.43 Å². The second-order valence-electron chi connectivity index (χ2n) is 3.72. The standard InChI is InChI=1S/C12H15N5O/c1-8-7-11(16-12(14-8)17-13)15-9-3-5-10(18-2)6-4-9/h3-7H,13H2,1-2H3,(H2,14,15,16,17). The first kappa shape index (κ1) is 12.1.